The highest BCUT2D eigenvalue weighted by atomic mass is 16.4. The van der Waals surface area contributed by atoms with Gasteiger partial charge in [0.1, 0.15) is 11.8 Å². The van der Waals surface area contributed by atoms with Gasteiger partial charge in [-0.3, -0.25) is 0 Å². The molecule has 116 valence electrons. The van der Waals surface area contributed by atoms with Crippen molar-refractivity contribution in [3.8, 4) is 11.1 Å². The van der Waals surface area contributed by atoms with Crippen molar-refractivity contribution >= 4 is 11.9 Å². The first kappa shape index (κ1) is 15.0. The molecular weight excluding hydrogens is 290 g/mol. The van der Waals surface area contributed by atoms with Crippen molar-refractivity contribution in [3.63, 3.8) is 0 Å². The number of nitrogens with zero attached hydrogens (tertiary/aromatic N) is 3. The summed E-state index contributed by atoms with van der Waals surface area (Å²) in [7, 11) is 0. The molecule has 0 atom stereocenters. The number of hydrogen-bond donors (Lipinski definition) is 1. The number of oxime groups is 1. The van der Waals surface area contributed by atoms with Crippen LogP contribution in [0.25, 0.3) is 16.8 Å². The molecule has 0 amide bonds. The van der Waals surface area contributed by atoms with Gasteiger partial charge in [0.25, 0.3) is 5.65 Å². The molecule has 0 unspecified atom stereocenters. The lowest BCUT2D eigenvalue weighted by molar-refractivity contribution is -0.531. The van der Waals surface area contributed by atoms with E-state index in [-0.39, 0.29) is 5.56 Å². The second-order valence-corrected chi connectivity index (χ2v) is 5.43. The molecule has 5 nitrogen and oxygen atoms in total. The predicted molar refractivity (Wildman–Crippen MR) is 88.9 cm³/mol. The van der Waals surface area contributed by atoms with Gasteiger partial charge >= 0.3 is 5.56 Å². The van der Waals surface area contributed by atoms with E-state index in [1.54, 1.807) is 10.6 Å². The summed E-state index contributed by atoms with van der Waals surface area (Å²) in [5, 5.41) is 11.6. The van der Waals surface area contributed by atoms with Crippen LogP contribution in [-0.4, -0.2) is 16.0 Å². The second-order valence-electron chi connectivity index (χ2n) is 5.43. The topological polar surface area (TPSA) is 58.7 Å². The fourth-order valence-electron chi connectivity index (χ4n) is 2.69. The van der Waals surface area contributed by atoms with Crippen LogP contribution in [-0.2, 0) is 6.54 Å². The van der Waals surface area contributed by atoms with Gasteiger partial charge < -0.3 is 5.21 Å². The van der Waals surface area contributed by atoms with Crippen molar-refractivity contribution < 1.29 is 9.61 Å². The molecule has 0 aliphatic heterocycles. The molecule has 2 heterocycles. The lowest BCUT2D eigenvalue weighted by atomic mass is 10.1. The number of benzene rings is 1. The van der Waals surface area contributed by atoms with Crippen molar-refractivity contribution in [2.24, 2.45) is 5.16 Å². The Hall–Kier alpha value is -2.95. The molecule has 1 N–H and O–H groups in total. The van der Waals surface area contributed by atoms with Crippen molar-refractivity contribution in [1.82, 2.24) is 4.57 Å². The highest BCUT2D eigenvalue weighted by Crippen LogP contribution is 2.16. The SMILES string of the molecule is Cc1cccc(-c2cn(CC/C=N/O)c3cccc[n+]3c2=O)c1. The maximum Gasteiger partial charge on any atom is 0.350 e. The lowest BCUT2D eigenvalue weighted by Crippen LogP contribution is -2.43. The zero-order valence-electron chi connectivity index (χ0n) is 12.9. The third-order valence-electron chi connectivity index (χ3n) is 3.78. The zero-order valence-corrected chi connectivity index (χ0v) is 12.9. The highest BCUT2D eigenvalue weighted by Gasteiger charge is 2.16. The summed E-state index contributed by atoms with van der Waals surface area (Å²) in [6, 6.07) is 13.5. The Labute approximate surface area is 133 Å². The van der Waals surface area contributed by atoms with E-state index in [2.05, 4.69) is 5.16 Å². The smallest absolute Gasteiger partial charge is 0.350 e. The van der Waals surface area contributed by atoms with E-state index in [0.29, 0.717) is 18.5 Å². The summed E-state index contributed by atoms with van der Waals surface area (Å²) in [5.41, 5.74) is 3.42. The van der Waals surface area contributed by atoms with Gasteiger partial charge in [-0.1, -0.05) is 35.9 Å². The van der Waals surface area contributed by atoms with E-state index in [4.69, 9.17) is 5.21 Å². The molecule has 0 radical (unpaired) electrons. The summed E-state index contributed by atoms with van der Waals surface area (Å²) in [6.07, 6.45) is 5.67. The van der Waals surface area contributed by atoms with Crippen molar-refractivity contribution in [2.75, 3.05) is 0 Å². The molecule has 0 spiro atoms. The molecule has 1 aromatic carbocycles. The van der Waals surface area contributed by atoms with Gasteiger partial charge in [-0.05, 0) is 18.6 Å². The predicted octanol–water partition coefficient (Wildman–Crippen LogP) is 2.41. The van der Waals surface area contributed by atoms with Crippen LogP contribution in [0.4, 0.5) is 0 Å². The molecule has 0 aliphatic carbocycles. The molecule has 0 aliphatic rings. The van der Waals surface area contributed by atoms with Crippen molar-refractivity contribution in [2.45, 2.75) is 19.9 Å². The van der Waals surface area contributed by atoms with E-state index >= 15 is 0 Å². The fraction of sp³-hybridized carbons (Fsp3) is 0.167. The second kappa shape index (κ2) is 6.44. The molecule has 0 bridgehead atoms. The van der Waals surface area contributed by atoms with E-state index < -0.39 is 0 Å². The molecule has 2 aromatic heterocycles. The average Bonchev–Trinajstić information content (AvgIpc) is 2.57. The van der Waals surface area contributed by atoms with Gasteiger partial charge in [-0.2, -0.15) is 4.40 Å². The minimum Gasteiger partial charge on any atom is -0.411 e. The first-order valence-corrected chi connectivity index (χ1v) is 7.47. The van der Waals surface area contributed by atoms with E-state index in [0.717, 1.165) is 16.8 Å². The van der Waals surface area contributed by atoms with Gasteiger partial charge in [-0.15, -0.1) is 5.16 Å². The van der Waals surface area contributed by atoms with Crippen molar-refractivity contribution in [1.29, 1.82) is 0 Å². The van der Waals surface area contributed by atoms with Crippen LogP contribution in [0.1, 0.15) is 12.0 Å². The molecule has 0 saturated heterocycles. The zero-order chi connectivity index (χ0) is 16.2. The molecule has 3 rings (SSSR count). The standard InChI is InChI=1S/C18H17N3O2/c1-14-6-4-7-15(12-14)16-13-20(10-5-9-19-23)17-8-2-3-11-21(17)18(16)22/h2-4,6-9,11-13H,5,10H2,1H3/p+1/b19-9+. The number of rotatable bonds is 4. The van der Waals surface area contributed by atoms with Crippen LogP contribution in [0, 0.1) is 6.92 Å². The highest BCUT2D eigenvalue weighted by molar-refractivity contribution is 5.62. The molecular formula is C18H18N3O2+. The van der Waals surface area contributed by atoms with Gasteiger partial charge in [0.05, 0.1) is 12.7 Å². The minimum atomic E-state index is -0.0433. The Bertz CT molecular complexity index is 929. The van der Waals surface area contributed by atoms with Gasteiger partial charge in [0.2, 0.25) is 0 Å². The molecule has 5 heteroatoms. The van der Waals surface area contributed by atoms with Crippen LogP contribution in [0.5, 0.6) is 0 Å². The van der Waals surface area contributed by atoms with Crippen LogP contribution < -0.4 is 9.96 Å². The van der Waals surface area contributed by atoms with Gasteiger partial charge in [-0.25, -0.2) is 9.36 Å². The summed E-state index contributed by atoms with van der Waals surface area (Å²) in [6.45, 7) is 2.63. The summed E-state index contributed by atoms with van der Waals surface area (Å²) < 4.78 is 3.65. The molecule has 23 heavy (non-hydrogen) atoms. The minimum absolute atomic E-state index is 0.0433. The number of pyridine rings is 1. The Kier molecular flexibility index (Phi) is 4.19. The van der Waals surface area contributed by atoms with E-state index in [1.807, 2.05) is 60.2 Å². The quantitative estimate of drug-likeness (QED) is 0.348. The molecule has 0 fully saturated rings. The van der Waals surface area contributed by atoms with E-state index in [9.17, 15) is 4.79 Å². The largest absolute Gasteiger partial charge is 0.411 e. The Morgan fingerprint density at radius 2 is 2.13 bits per heavy atom. The summed E-state index contributed by atoms with van der Waals surface area (Å²) in [4.78, 5) is 12.8. The van der Waals surface area contributed by atoms with Crippen LogP contribution in [0.3, 0.4) is 0 Å². The van der Waals surface area contributed by atoms with Crippen LogP contribution >= 0.6 is 0 Å². The monoisotopic (exact) mass is 308 g/mol. The average molecular weight is 308 g/mol. The maximum absolute atomic E-state index is 12.8. The first-order valence-electron chi connectivity index (χ1n) is 7.47. The van der Waals surface area contributed by atoms with Crippen LogP contribution in [0.15, 0.2) is 64.8 Å². The normalized spacial score (nSPS) is 11.3. The van der Waals surface area contributed by atoms with Crippen molar-refractivity contribution in [3.05, 3.63) is 70.8 Å². The fourth-order valence-corrected chi connectivity index (χ4v) is 2.69. The number of hydrogen-bond acceptors (Lipinski definition) is 3. The van der Waals surface area contributed by atoms with Crippen LogP contribution in [0.2, 0.25) is 0 Å². The molecule has 3 aromatic rings. The summed E-state index contributed by atoms with van der Waals surface area (Å²) in [5.74, 6) is 0. The van der Waals surface area contributed by atoms with E-state index in [1.165, 1.54) is 6.21 Å². The Balaban J connectivity index is 2.22. The third-order valence-corrected chi connectivity index (χ3v) is 3.78. The Morgan fingerprint density at radius 3 is 2.91 bits per heavy atom. The van der Waals surface area contributed by atoms with Gasteiger partial charge in [0, 0.05) is 18.7 Å². The number of fused-ring (bicyclic) bond motifs is 1. The summed E-state index contributed by atoms with van der Waals surface area (Å²) >= 11 is 0. The maximum atomic E-state index is 12.8. The molecule has 0 saturated carbocycles. The lowest BCUT2D eigenvalue weighted by Gasteiger charge is -2.06. The van der Waals surface area contributed by atoms with Gasteiger partial charge in [0.15, 0.2) is 0 Å². The third kappa shape index (κ3) is 2.99. The number of aromatic nitrogens is 2. The number of aryl methyl sites for hydroxylation is 2. The Morgan fingerprint density at radius 1 is 1.26 bits per heavy atom. The first-order chi connectivity index (χ1) is 11.2.